The van der Waals surface area contributed by atoms with Crippen molar-refractivity contribution in [3.05, 3.63) is 11.6 Å². The van der Waals surface area contributed by atoms with Gasteiger partial charge in [0.05, 0.1) is 18.7 Å². The van der Waals surface area contributed by atoms with Crippen molar-refractivity contribution < 1.29 is 19.1 Å². The van der Waals surface area contributed by atoms with Crippen LogP contribution in [0.3, 0.4) is 0 Å². The number of piperidine rings is 1. The van der Waals surface area contributed by atoms with Gasteiger partial charge in [0, 0.05) is 18.7 Å². The van der Waals surface area contributed by atoms with Gasteiger partial charge in [-0.05, 0) is 57.4 Å². The van der Waals surface area contributed by atoms with Gasteiger partial charge >= 0.3 is 5.97 Å². The zero-order chi connectivity index (χ0) is 24.9. The molecule has 2 aliphatic rings. The molecule has 0 aromatic heterocycles. The molecule has 33 heavy (non-hydrogen) atoms. The van der Waals surface area contributed by atoms with Gasteiger partial charge in [-0.3, -0.25) is 14.5 Å². The Morgan fingerprint density at radius 1 is 1.15 bits per heavy atom. The van der Waals surface area contributed by atoms with Crippen molar-refractivity contribution in [2.75, 3.05) is 20.2 Å². The van der Waals surface area contributed by atoms with E-state index in [4.69, 9.17) is 4.74 Å². The molecule has 1 saturated heterocycles. The molecule has 0 aromatic rings. The molecule has 0 aromatic carbocycles. The number of hydrogen-bond donors (Lipinski definition) is 1. The van der Waals surface area contributed by atoms with Gasteiger partial charge in [0.1, 0.15) is 6.04 Å². The highest BCUT2D eigenvalue weighted by atomic mass is 16.5. The van der Waals surface area contributed by atoms with Crippen molar-refractivity contribution >= 4 is 17.8 Å². The third kappa shape index (κ3) is 7.29. The Hall–Kier alpha value is -1.89. The number of nitrogens with zero attached hydrogens (tertiary/aromatic N) is 2. The van der Waals surface area contributed by atoms with E-state index in [-0.39, 0.29) is 35.8 Å². The summed E-state index contributed by atoms with van der Waals surface area (Å²) in [7, 11) is 1.75. The largest absolute Gasteiger partial charge is 0.463 e. The lowest BCUT2D eigenvalue weighted by Gasteiger charge is -2.40. The fourth-order valence-electron chi connectivity index (χ4n) is 4.64. The minimum absolute atomic E-state index is 0.0392. The summed E-state index contributed by atoms with van der Waals surface area (Å²) < 4.78 is 5.11. The fraction of sp³-hybridized carbons (Fsp3) is 0.808. The van der Waals surface area contributed by atoms with Gasteiger partial charge in [-0.1, -0.05) is 47.1 Å². The number of nitrogens with one attached hydrogen (secondary N) is 1. The Kier molecular flexibility index (Phi) is 9.53. The Balaban J connectivity index is 2.21. The lowest BCUT2D eigenvalue weighted by atomic mass is 9.84. The second-order valence-corrected chi connectivity index (χ2v) is 11.0. The highest BCUT2D eigenvalue weighted by Gasteiger charge is 2.42. The maximum absolute atomic E-state index is 13.7. The number of esters is 1. The van der Waals surface area contributed by atoms with E-state index in [1.807, 2.05) is 34.6 Å². The van der Waals surface area contributed by atoms with E-state index >= 15 is 0 Å². The van der Waals surface area contributed by atoms with Gasteiger partial charge in [-0.15, -0.1) is 0 Å². The smallest absolute Gasteiger partial charge is 0.333 e. The number of ether oxygens (including phenoxy) is 1. The summed E-state index contributed by atoms with van der Waals surface area (Å²) in [5.74, 6) is -0.468. The standard InChI is InChI=1S/C26H45N3O4/c1-9-33-25(32)18(4)16-21(17(2)3)28(8)24(31)22(26(5,6)7)27-23(30)20-12-10-11-15-29(20)19-13-14-19/h16-17,19-22H,9-15H2,1-8H3,(H,27,30)/b18-16+/t20?,21-,22-/m1/s1. The van der Waals surface area contributed by atoms with Crippen LogP contribution in [0.15, 0.2) is 11.6 Å². The molecule has 1 aliphatic carbocycles. The third-order valence-electron chi connectivity index (χ3n) is 6.76. The highest BCUT2D eigenvalue weighted by Crippen LogP contribution is 2.33. The molecule has 2 fully saturated rings. The van der Waals surface area contributed by atoms with Gasteiger partial charge in [-0.2, -0.15) is 0 Å². The Morgan fingerprint density at radius 3 is 2.30 bits per heavy atom. The highest BCUT2D eigenvalue weighted by molar-refractivity contribution is 5.91. The number of likely N-dealkylation sites (tertiary alicyclic amines) is 1. The molecule has 1 unspecified atom stereocenters. The van der Waals surface area contributed by atoms with Crippen molar-refractivity contribution in [3.63, 3.8) is 0 Å². The molecule has 2 rings (SSSR count). The van der Waals surface area contributed by atoms with Crippen molar-refractivity contribution in [1.29, 1.82) is 0 Å². The number of carbonyl (C=O) groups is 3. The van der Waals surface area contributed by atoms with Crippen LogP contribution in [0.2, 0.25) is 0 Å². The second kappa shape index (κ2) is 11.5. The summed E-state index contributed by atoms with van der Waals surface area (Å²) >= 11 is 0. The van der Waals surface area contributed by atoms with Crippen molar-refractivity contribution in [2.45, 2.75) is 105 Å². The Labute approximate surface area is 200 Å². The zero-order valence-corrected chi connectivity index (χ0v) is 21.9. The fourth-order valence-corrected chi connectivity index (χ4v) is 4.64. The van der Waals surface area contributed by atoms with E-state index in [1.54, 1.807) is 31.9 Å². The summed E-state index contributed by atoms with van der Waals surface area (Å²) in [5.41, 5.74) is 0.0236. The number of amides is 2. The maximum Gasteiger partial charge on any atom is 0.333 e. The van der Waals surface area contributed by atoms with Gasteiger partial charge in [0.15, 0.2) is 0 Å². The molecule has 1 saturated carbocycles. The molecule has 1 heterocycles. The molecule has 188 valence electrons. The van der Waals surface area contributed by atoms with Crippen molar-refractivity contribution in [1.82, 2.24) is 15.1 Å². The van der Waals surface area contributed by atoms with E-state index in [9.17, 15) is 14.4 Å². The summed E-state index contributed by atoms with van der Waals surface area (Å²) in [5, 5.41) is 3.13. The van der Waals surface area contributed by atoms with Crippen LogP contribution in [0, 0.1) is 11.3 Å². The minimum Gasteiger partial charge on any atom is -0.463 e. The summed E-state index contributed by atoms with van der Waals surface area (Å²) in [4.78, 5) is 43.2. The molecular formula is C26H45N3O4. The van der Waals surface area contributed by atoms with Crippen LogP contribution in [0.1, 0.15) is 80.6 Å². The zero-order valence-electron chi connectivity index (χ0n) is 21.9. The van der Waals surface area contributed by atoms with E-state index in [0.29, 0.717) is 18.2 Å². The lowest BCUT2D eigenvalue weighted by Crippen LogP contribution is -2.60. The molecule has 0 radical (unpaired) electrons. The van der Waals surface area contributed by atoms with E-state index in [2.05, 4.69) is 10.2 Å². The minimum atomic E-state index is -0.657. The van der Waals surface area contributed by atoms with Gasteiger partial charge in [-0.25, -0.2) is 4.79 Å². The predicted octanol–water partition coefficient (Wildman–Crippen LogP) is 3.53. The average molecular weight is 464 g/mol. The van der Waals surface area contributed by atoms with Gasteiger partial charge < -0.3 is 15.0 Å². The summed E-state index contributed by atoms with van der Waals surface area (Å²) in [6.45, 7) is 14.7. The van der Waals surface area contributed by atoms with Crippen LogP contribution < -0.4 is 5.32 Å². The number of rotatable bonds is 9. The molecule has 7 heteroatoms. The topological polar surface area (TPSA) is 79.0 Å². The summed E-state index contributed by atoms with van der Waals surface area (Å²) in [6.07, 6.45) is 7.15. The number of likely N-dealkylation sites (N-methyl/N-ethyl adjacent to an activating group) is 1. The molecule has 1 N–H and O–H groups in total. The SMILES string of the molecule is CCOC(=O)/C(C)=C/[C@H](C(C)C)N(C)C(=O)[C@@H](NC(=O)C1CCCCN1C1CC1)C(C)(C)C. The van der Waals surface area contributed by atoms with Crippen LogP contribution in [-0.2, 0) is 19.1 Å². The second-order valence-electron chi connectivity index (χ2n) is 11.0. The average Bonchev–Trinajstić information content (AvgIpc) is 3.59. The van der Waals surface area contributed by atoms with Crippen LogP contribution in [0.5, 0.6) is 0 Å². The van der Waals surface area contributed by atoms with E-state index < -0.39 is 11.5 Å². The molecule has 0 spiro atoms. The third-order valence-corrected chi connectivity index (χ3v) is 6.76. The molecule has 0 bridgehead atoms. The first kappa shape index (κ1) is 27.4. The van der Waals surface area contributed by atoms with Crippen LogP contribution in [0.4, 0.5) is 0 Å². The number of carbonyl (C=O) groups excluding carboxylic acids is 3. The van der Waals surface area contributed by atoms with Crippen LogP contribution >= 0.6 is 0 Å². The molecular weight excluding hydrogens is 418 g/mol. The first-order valence-corrected chi connectivity index (χ1v) is 12.6. The number of hydrogen-bond acceptors (Lipinski definition) is 5. The monoisotopic (exact) mass is 463 g/mol. The molecule has 7 nitrogen and oxygen atoms in total. The van der Waals surface area contributed by atoms with Crippen LogP contribution in [0.25, 0.3) is 0 Å². The van der Waals surface area contributed by atoms with Crippen LogP contribution in [-0.4, -0.2) is 72.0 Å². The van der Waals surface area contributed by atoms with Crippen molar-refractivity contribution in [3.8, 4) is 0 Å². The maximum atomic E-state index is 13.7. The quantitative estimate of drug-likeness (QED) is 0.418. The first-order valence-electron chi connectivity index (χ1n) is 12.6. The normalized spacial score (nSPS) is 22.0. The Bertz CT molecular complexity index is 736. The van der Waals surface area contributed by atoms with Gasteiger partial charge in [0.25, 0.3) is 0 Å². The molecule has 3 atom stereocenters. The lowest BCUT2D eigenvalue weighted by molar-refractivity contribution is -0.142. The van der Waals surface area contributed by atoms with E-state index in [0.717, 1.165) is 38.6 Å². The summed E-state index contributed by atoms with van der Waals surface area (Å²) in [6, 6.07) is -0.577. The van der Waals surface area contributed by atoms with E-state index in [1.165, 1.54) is 0 Å². The van der Waals surface area contributed by atoms with Crippen molar-refractivity contribution in [2.24, 2.45) is 11.3 Å². The predicted molar refractivity (Wildman–Crippen MR) is 131 cm³/mol. The Morgan fingerprint density at radius 2 is 1.79 bits per heavy atom. The first-order chi connectivity index (χ1) is 15.4. The molecule has 1 aliphatic heterocycles. The van der Waals surface area contributed by atoms with Gasteiger partial charge in [0.2, 0.25) is 11.8 Å². The molecule has 2 amide bonds.